The highest BCUT2D eigenvalue weighted by Crippen LogP contribution is 2.25. The Hall–Kier alpha value is -0.230. The molecule has 0 aliphatic heterocycles. The van der Waals surface area contributed by atoms with E-state index in [4.69, 9.17) is 4.74 Å². The van der Waals surface area contributed by atoms with Gasteiger partial charge < -0.3 is 4.74 Å². The van der Waals surface area contributed by atoms with Gasteiger partial charge in [-0.25, -0.2) is 4.79 Å². The lowest BCUT2D eigenvalue weighted by Gasteiger charge is -2.06. The third-order valence-corrected chi connectivity index (χ3v) is 3.99. The minimum atomic E-state index is -0.244. The first-order valence-electron chi connectivity index (χ1n) is 4.78. The SMILES string of the molecule is CCOC(=O)c1ccc(I)c(SCC)c1. The minimum Gasteiger partial charge on any atom is -0.462 e. The molecule has 0 atom stereocenters. The highest BCUT2D eigenvalue weighted by atomic mass is 127. The number of thioether (sulfide) groups is 1. The first kappa shape index (κ1) is 12.8. The van der Waals surface area contributed by atoms with Gasteiger partial charge in [-0.2, -0.15) is 0 Å². The summed E-state index contributed by atoms with van der Waals surface area (Å²) in [5, 5.41) is 0. The van der Waals surface area contributed by atoms with Crippen LogP contribution in [0.5, 0.6) is 0 Å². The van der Waals surface area contributed by atoms with E-state index in [2.05, 4.69) is 29.5 Å². The van der Waals surface area contributed by atoms with Crippen LogP contribution in [-0.4, -0.2) is 18.3 Å². The van der Waals surface area contributed by atoms with Gasteiger partial charge in [0.05, 0.1) is 12.2 Å². The lowest BCUT2D eigenvalue weighted by atomic mass is 10.2. The molecule has 1 aromatic carbocycles. The van der Waals surface area contributed by atoms with Crippen molar-refractivity contribution in [1.29, 1.82) is 0 Å². The fraction of sp³-hybridized carbons (Fsp3) is 0.364. The molecule has 15 heavy (non-hydrogen) atoms. The van der Waals surface area contributed by atoms with Crippen LogP contribution in [0.1, 0.15) is 24.2 Å². The molecule has 0 saturated carbocycles. The number of carbonyl (C=O) groups is 1. The molecule has 2 nitrogen and oxygen atoms in total. The van der Waals surface area contributed by atoms with E-state index in [1.54, 1.807) is 17.8 Å². The average molecular weight is 336 g/mol. The van der Waals surface area contributed by atoms with Crippen LogP contribution in [0.4, 0.5) is 0 Å². The summed E-state index contributed by atoms with van der Waals surface area (Å²) in [5.74, 6) is 0.759. The molecule has 1 aromatic rings. The summed E-state index contributed by atoms with van der Waals surface area (Å²) in [6.45, 7) is 4.32. The van der Waals surface area contributed by atoms with Gasteiger partial charge in [0.2, 0.25) is 0 Å². The summed E-state index contributed by atoms with van der Waals surface area (Å²) < 4.78 is 6.12. The standard InChI is InChI=1S/C11H13IO2S/c1-3-14-11(13)8-5-6-9(12)10(7-8)15-4-2/h5-7H,3-4H2,1-2H3. The van der Waals surface area contributed by atoms with Gasteiger partial charge in [0, 0.05) is 8.47 Å². The van der Waals surface area contributed by atoms with Gasteiger partial charge in [-0.15, -0.1) is 11.8 Å². The summed E-state index contributed by atoms with van der Waals surface area (Å²) in [4.78, 5) is 12.6. The van der Waals surface area contributed by atoms with Crippen LogP contribution in [0.15, 0.2) is 23.1 Å². The fourth-order valence-corrected chi connectivity index (χ4v) is 2.64. The molecule has 82 valence electrons. The smallest absolute Gasteiger partial charge is 0.338 e. The molecule has 0 spiro atoms. The molecular weight excluding hydrogens is 323 g/mol. The van der Waals surface area contributed by atoms with Gasteiger partial charge in [-0.05, 0) is 53.5 Å². The van der Waals surface area contributed by atoms with Crippen LogP contribution < -0.4 is 0 Å². The second kappa shape index (κ2) is 6.37. The highest BCUT2D eigenvalue weighted by molar-refractivity contribution is 14.1. The average Bonchev–Trinajstić information content (AvgIpc) is 2.22. The molecule has 0 aromatic heterocycles. The van der Waals surface area contributed by atoms with Crippen molar-refractivity contribution in [2.45, 2.75) is 18.7 Å². The van der Waals surface area contributed by atoms with E-state index < -0.39 is 0 Å². The molecule has 0 fully saturated rings. The zero-order valence-corrected chi connectivity index (χ0v) is 11.7. The number of esters is 1. The van der Waals surface area contributed by atoms with Crippen molar-refractivity contribution in [3.05, 3.63) is 27.3 Å². The number of rotatable bonds is 4. The van der Waals surface area contributed by atoms with E-state index in [0.717, 1.165) is 10.6 Å². The molecule has 0 aliphatic carbocycles. The monoisotopic (exact) mass is 336 g/mol. The largest absolute Gasteiger partial charge is 0.462 e. The van der Waals surface area contributed by atoms with E-state index in [0.29, 0.717) is 12.2 Å². The minimum absolute atomic E-state index is 0.244. The Labute approximate surface area is 108 Å². The maximum Gasteiger partial charge on any atom is 0.338 e. The molecule has 0 heterocycles. The Kier molecular flexibility index (Phi) is 5.45. The van der Waals surface area contributed by atoms with Crippen LogP contribution in [0.25, 0.3) is 0 Å². The maximum atomic E-state index is 11.5. The Balaban J connectivity index is 2.91. The van der Waals surface area contributed by atoms with E-state index in [-0.39, 0.29) is 5.97 Å². The van der Waals surface area contributed by atoms with Crippen molar-refractivity contribution in [1.82, 2.24) is 0 Å². The topological polar surface area (TPSA) is 26.3 Å². The van der Waals surface area contributed by atoms with E-state index in [1.807, 2.05) is 19.1 Å². The van der Waals surface area contributed by atoms with Crippen LogP contribution in [0.2, 0.25) is 0 Å². The first-order valence-corrected chi connectivity index (χ1v) is 6.85. The molecule has 0 bridgehead atoms. The van der Waals surface area contributed by atoms with Gasteiger partial charge in [0.15, 0.2) is 0 Å². The zero-order chi connectivity index (χ0) is 11.3. The van der Waals surface area contributed by atoms with Crippen molar-refractivity contribution >= 4 is 40.3 Å². The van der Waals surface area contributed by atoms with Crippen LogP contribution in [-0.2, 0) is 4.74 Å². The predicted molar refractivity (Wildman–Crippen MR) is 71.5 cm³/mol. The third-order valence-electron chi connectivity index (χ3n) is 1.74. The summed E-state index contributed by atoms with van der Waals surface area (Å²) in [6.07, 6.45) is 0. The van der Waals surface area contributed by atoms with Gasteiger partial charge >= 0.3 is 5.97 Å². The lowest BCUT2D eigenvalue weighted by Crippen LogP contribution is -2.04. The maximum absolute atomic E-state index is 11.5. The summed E-state index contributed by atoms with van der Waals surface area (Å²) in [7, 11) is 0. The molecule has 0 amide bonds. The summed E-state index contributed by atoms with van der Waals surface area (Å²) in [6, 6.07) is 5.65. The molecule has 1 rings (SSSR count). The van der Waals surface area contributed by atoms with E-state index in [9.17, 15) is 4.79 Å². The van der Waals surface area contributed by atoms with E-state index >= 15 is 0 Å². The molecule has 4 heteroatoms. The second-order valence-electron chi connectivity index (χ2n) is 2.80. The fourth-order valence-electron chi connectivity index (χ4n) is 1.11. The number of carbonyl (C=O) groups excluding carboxylic acids is 1. The van der Waals surface area contributed by atoms with Crippen molar-refractivity contribution in [2.75, 3.05) is 12.4 Å². The number of halogens is 1. The zero-order valence-electron chi connectivity index (χ0n) is 8.75. The summed E-state index contributed by atoms with van der Waals surface area (Å²) >= 11 is 4.01. The van der Waals surface area contributed by atoms with Crippen LogP contribution >= 0.6 is 34.4 Å². The highest BCUT2D eigenvalue weighted by Gasteiger charge is 2.09. The molecule has 0 unspecified atom stereocenters. The summed E-state index contributed by atoms with van der Waals surface area (Å²) in [5.41, 5.74) is 0.633. The van der Waals surface area contributed by atoms with Gasteiger partial charge in [-0.3, -0.25) is 0 Å². The van der Waals surface area contributed by atoms with Crippen molar-refractivity contribution < 1.29 is 9.53 Å². The molecule has 0 radical (unpaired) electrons. The van der Waals surface area contributed by atoms with E-state index in [1.165, 1.54) is 3.57 Å². The normalized spacial score (nSPS) is 10.1. The number of benzene rings is 1. The lowest BCUT2D eigenvalue weighted by molar-refractivity contribution is 0.0526. The molecule has 0 saturated heterocycles. The van der Waals surface area contributed by atoms with Gasteiger partial charge in [0.25, 0.3) is 0 Å². The predicted octanol–water partition coefficient (Wildman–Crippen LogP) is 3.58. The Bertz CT molecular complexity index is 352. The first-order chi connectivity index (χ1) is 7.19. The van der Waals surface area contributed by atoms with Crippen molar-refractivity contribution in [3.8, 4) is 0 Å². The van der Waals surface area contributed by atoms with Gasteiger partial charge in [-0.1, -0.05) is 6.92 Å². The number of hydrogen-bond acceptors (Lipinski definition) is 3. The molecule has 0 N–H and O–H groups in total. The van der Waals surface area contributed by atoms with Crippen LogP contribution in [0, 0.1) is 3.57 Å². The Morgan fingerprint density at radius 3 is 2.80 bits per heavy atom. The molecular formula is C11H13IO2S. The third kappa shape index (κ3) is 3.68. The van der Waals surface area contributed by atoms with Crippen LogP contribution in [0.3, 0.4) is 0 Å². The second-order valence-corrected chi connectivity index (χ2v) is 5.27. The molecule has 0 aliphatic rings. The number of ether oxygens (including phenoxy) is 1. The Morgan fingerprint density at radius 2 is 2.20 bits per heavy atom. The quantitative estimate of drug-likeness (QED) is 0.478. The van der Waals surface area contributed by atoms with Crippen molar-refractivity contribution in [2.24, 2.45) is 0 Å². The Morgan fingerprint density at radius 1 is 1.47 bits per heavy atom. The number of hydrogen-bond donors (Lipinski definition) is 0. The van der Waals surface area contributed by atoms with Gasteiger partial charge in [0.1, 0.15) is 0 Å². The van der Waals surface area contributed by atoms with Crippen molar-refractivity contribution in [3.63, 3.8) is 0 Å².